The van der Waals surface area contributed by atoms with Crippen molar-refractivity contribution < 1.29 is 19.1 Å². The Kier molecular flexibility index (Phi) is 5.05. The van der Waals surface area contributed by atoms with Gasteiger partial charge >= 0.3 is 11.9 Å². The quantitative estimate of drug-likeness (QED) is 0.516. The third-order valence-electron chi connectivity index (χ3n) is 2.33. The number of hydrogen-bond acceptors (Lipinski definition) is 4. The second-order valence-corrected chi connectivity index (χ2v) is 3.76. The van der Waals surface area contributed by atoms with Crippen LogP contribution in [-0.4, -0.2) is 25.7 Å². The van der Waals surface area contributed by atoms with Crippen molar-refractivity contribution in [3.63, 3.8) is 0 Å². The van der Waals surface area contributed by atoms with Crippen molar-refractivity contribution in [1.29, 1.82) is 0 Å². The largest absolute Gasteiger partial charge is 0.469 e. The fourth-order valence-electron chi connectivity index (χ4n) is 0.900. The van der Waals surface area contributed by atoms with Gasteiger partial charge < -0.3 is 9.47 Å². The Hall–Kier alpha value is -1.32. The van der Waals surface area contributed by atoms with Gasteiger partial charge in [0.25, 0.3) is 0 Å². The van der Waals surface area contributed by atoms with Crippen LogP contribution in [0.1, 0.15) is 27.2 Å². The van der Waals surface area contributed by atoms with Crippen molar-refractivity contribution in [1.82, 2.24) is 0 Å². The molecule has 0 aliphatic carbocycles. The molecule has 0 saturated heterocycles. The molecule has 1 atom stereocenters. The van der Waals surface area contributed by atoms with E-state index in [0.29, 0.717) is 12.0 Å². The Bertz CT molecular complexity index is 270. The van der Waals surface area contributed by atoms with Crippen LogP contribution >= 0.6 is 0 Å². The van der Waals surface area contributed by atoms with Gasteiger partial charge in [-0.15, -0.1) is 0 Å². The van der Waals surface area contributed by atoms with Gasteiger partial charge in [-0.05, 0) is 20.3 Å². The van der Waals surface area contributed by atoms with Gasteiger partial charge in [-0.25, -0.2) is 4.79 Å². The molecule has 86 valence electrons. The highest BCUT2D eigenvalue weighted by Gasteiger charge is 2.34. The molecule has 0 saturated carbocycles. The van der Waals surface area contributed by atoms with Crippen LogP contribution in [0.25, 0.3) is 0 Å². The van der Waals surface area contributed by atoms with Gasteiger partial charge in [-0.3, -0.25) is 4.79 Å². The van der Waals surface area contributed by atoms with Crippen molar-refractivity contribution >= 4 is 11.9 Å². The van der Waals surface area contributed by atoms with Crippen molar-refractivity contribution in [2.24, 2.45) is 5.41 Å². The van der Waals surface area contributed by atoms with E-state index < -0.39 is 11.4 Å². The first-order valence-corrected chi connectivity index (χ1v) is 4.78. The van der Waals surface area contributed by atoms with Crippen molar-refractivity contribution in [2.75, 3.05) is 13.7 Å². The number of carbonyl (C=O) groups is 2. The molecule has 0 aromatic heterocycles. The van der Waals surface area contributed by atoms with Gasteiger partial charge in [0.1, 0.15) is 6.61 Å². The summed E-state index contributed by atoms with van der Waals surface area (Å²) < 4.78 is 9.59. The topological polar surface area (TPSA) is 52.6 Å². The van der Waals surface area contributed by atoms with Crippen LogP contribution in [0.3, 0.4) is 0 Å². The Labute approximate surface area is 90.2 Å². The van der Waals surface area contributed by atoms with Crippen molar-refractivity contribution in [3.8, 4) is 0 Å². The molecule has 0 aromatic rings. The molecule has 0 amide bonds. The monoisotopic (exact) mass is 214 g/mol. The lowest BCUT2D eigenvalue weighted by atomic mass is 9.89. The lowest BCUT2D eigenvalue weighted by Gasteiger charge is -2.24. The van der Waals surface area contributed by atoms with Gasteiger partial charge in [-0.1, -0.05) is 13.5 Å². The number of hydrogen-bond donors (Lipinski definition) is 0. The zero-order valence-electron chi connectivity index (χ0n) is 9.75. The maximum atomic E-state index is 11.4. The summed E-state index contributed by atoms with van der Waals surface area (Å²) in [6.07, 6.45) is 0.545. The van der Waals surface area contributed by atoms with Crippen LogP contribution in [0.5, 0.6) is 0 Å². The molecule has 4 nitrogen and oxygen atoms in total. The summed E-state index contributed by atoms with van der Waals surface area (Å²) in [7, 11) is 1.32. The van der Waals surface area contributed by atoms with E-state index in [-0.39, 0.29) is 12.6 Å². The van der Waals surface area contributed by atoms with Crippen molar-refractivity contribution in [3.05, 3.63) is 12.2 Å². The van der Waals surface area contributed by atoms with Gasteiger partial charge in [0.2, 0.25) is 0 Å². The molecule has 0 N–H and O–H groups in total. The highest BCUT2D eigenvalue weighted by atomic mass is 16.5. The standard InChI is InChI=1S/C11H18O4/c1-6-11(4,10(13)14-5)7-15-9(12)8(2)3/h2,6-7H2,1,3-5H3. The Morgan fingerprint density at radius 2 is 1.93 bits per heavy atom. The number of rotatable bonds is 5. The fourth-order valence-corrected chi connectivity index (χ4v) is 0.900. The molecule has 1 unspecified atom stereocenters. The van der Waals surface area contributed by atoms with Crippen LogP contribution in [0.4, 0.5) is 0 Å². The van der Waals surface area contributed by atoms with E-state index in [1.54, 1.807) is 13.8 Å². The maximum absolute atomic E-state index is 11.4. The first-order chi connectivity index (χ1) is 6.87. The zero-order chi connectivity index (χ0) is 12.1. The van der Waals surface area contributed by atoms with Crippen LogP contribution in [0, 0.1) is 5.41 Å². The van der Waals surface area contributed by atoms with E-state index in [4.69, 9.17) is 4.74 Å². The normalized spacial score (nSPS) is 13.9. The summed E-state index contributed by atoms with van der Waals surface area (Å²) in [5, 5.41) is 0. The maximum Gasteiger partial charge on any atom is 0.333 e. The van der Waals surface area contributed by atoms with Gasteiger partial charge in [0, 0.05) is 5.57 Å². The summed E-state index contributed by atoms with van der Waals surface area (Å²) in [5.41, 5.74) is -0.460. The lowest BCUT2D eigenvalue weighted by molar-refractivity contribution is -0.159. The van der Waals surface area contributed by atoms with Gasteiger partial charge in [0.15, 0.2) is 0 Å². The minimum atomic E-state index is -0.778. The molecule has 0 fully saturated rings. The minimum absolute atomic E-state index is 0.0157. The summed E-state index contributed by atoms with van der Waals surface area (Å²) >= 11 is 0. The Balaban J connectivity index is 4.40. The summed E-state index contributed by atoms with van der Waals surface area (Å²) in [6.45, 7) is 8.57. The van der Waals surface area contributed by atoms with E-state index in [1.807, 2.05) is 6.92 Å². The second kappa shape index (κ2) is 5.53. The molecule has 15 heavy (non-hydrogen) atoms. The molecule has 0 bridgehead atoms. The van der Waals surface area contributed by atoms with Crippen LogP contribution in [0.2, 0.25) is 0 Å². The summed E-state index contributed by atoms with van der Waals surface area (Å²) in [5.74, 6) is -0.863. The van der Waals surface area contributed by atoms with E-state index >= 15 is 0 Å². The zero-order valence-corrected chi connectivity index (χ0v) is 9.75. The van der Waals surface area contributed by atoms with E-state index in [1.165, 1.54) is 7.11 Å². The fraction of sp³-hybridized carbons (Fsp3) is 0.636. The predicted octanol–water partition coefficient (Wildman–Crippen LogP) is 1.70. The average Bonchev–Trinajstić information content (AvgIpc) is 2.23. The number of methoxy groups -OCH3 is 1. The molecule has 0 spiro atoms. The molecule has 0 aliphatic rings. The third kappa shape index (κ3) is 3.73. The molecule has 0 heterocycles. The highest BCUT2D eigenvalue weighted by Crippen LogP contribution is 2.23. The molecular weight excluding hydrogens is 196 g/mol. The Morgan fingerprint density at radius 1 is 1.40 bits per heavy atom. The van der Waals surface area contributed by atoms with Crippen molar-refractivity contribution in [2.45, 2.75) is 27.2 Å². The molecule has 4 heteroatoms. The first kappa shape index (κ1) is 13.7. The molecule has 0 radical (unpaired) electrons. The van der Waals surface area contributed by atoms with Gasteiger partial charge in [0.05, 0.1) is 12.5 Å². The predicted molar refractivity (Wildman–Crippen MR) is 56.2 cm³/mol. The van der Waals surface area contributed by atoms with E-state index in [0.717, 1.165) is 0 Å². The summed E-state index contributed by atoms with van der Waals surface area (Å²) in [6, 6.07) is 0. The molecular formula is C11H18O4. The first-order valence-electron chi connectivity index (χ1n) is 4.78. The van der Waals surface area contributed by atoms with Gasteiger partial charge in [-0.2, -0.15) is 0 Å². The van der Waals surface area contributed by atoms with E-state index in [2.05, 4.69) is 11.3 Å². The van der Waals surface area contributed by atoms with Crippen LogP contribution in [0.15, 0.2) is 12.2 Å². The number of carbonyl (C=O) groups excluding carboxylic acids is 2. The van der Waals surface area contributed by atoms with Crippen LogP contribution < -0.4 is 0 Å². The number of ether oxygens (including phenoxy) is 2. The number of esters is 2. The Morgan fingerprint density at radius 3 is 2.27 bits per heavy atom. The smallest absolute Gasteiger partial charge is 0.333 e. The molecule has 0 aromatic carbocycles. The highest BCUT2D eigenvalue weighted by molar-refractivity contribution is 5.87. The molecule has 0 rings (SSSR count). The molecule has 0 aliphatic heterocycles. The minimum Gasteiger partial charge on any atom is -0.469 e. The summed E-state index contributed by atoms with van der Waals surface area (Å²) in [4.78, 5) is 22.6. The second-order valence-electron chi connectivity index (χ2n) is 3.76. The third-order valence-corrected chi connectivity index (χ3v) is 2.33. The average molecular weight is 214 g/mol. The lowest BCUT2D eigenvalue weighted by Crippen LogP contribution is -2.34. The SMILES string of the molecule is C=C(C)C(=O)OCC(C)(CC)C(=O)OC. The van der Waals surface area contributed by atoms with E-state index in [9.17, 15) is 9.59 Å². The van der Waals surface area contributed by atoms with Crippen LogP contribution in [-0.2, 0) is 19.1 Å².